The summed E-state index contributed by atoms with van der Waals surface area (Å²) < 4.78 is 38.1. The molecule has 11 heteroatoms. The molecule has 0 aromatic heterocycles. The third-order valence-electron chi connectivity index (χ3n) is 6.10. The van der Waals surface area contributed by atoms with E-state index in [4.69, 9.17) is 0 Å². The van der Waals surface area contributed by atoms with Crippen LogP contribution < -0.4 is 10.6 Å². The highest BCUT2D eigenvalue weighted by Gasteiger charge is 2.49. The number of carbonyl (C=O) groups is 5. The Hall–Kier alpha value is -3.76. The molecule has 2 N–H and O–H groups in total. The Kier molecular flexibility index (Phi) is 6.11. The number of piperidine rings is 1. The maximum absolute atomic E-state index is 13.0. The Morgan fingerprint density at radius 3 is 2.47 bits per heavy atom. The average Bonchev–Trinajstić information content (AvgIpc) is 2.93. The second kappa shape index (κ2) is 8.88. The Bertz CT molecular complexity index is 1120. The molecule has 0 bridgehead atoms. The summed E-state index contributed by atoms with van der Waals surface area (Å²) >= 11 is 0. The van der Waals surface area contributed by atoms with Crippen LogP contribution in [0.5, 0.6) is 0 Å². The lowest BCUT2D eigenvalue weighted by atomic mass is 9.91. The summed E-state index contributed by atoms with van der Waals surface area (Å²) in [5, 5.41) is 4.78. The second-order valence-electron chi connectivity index (χ2n) is 8.32. The highest BCUT2D eigenvalue weighted by molar-refractivity contribution is 6.18. The van der Waals surface area contributed by atoms with E-state index in [0.717, 1.165) is 29.2 Å². The molecule has 178 valence electrons. The van der Waals surface area contributed by atoms with E-state index in [2.05, 4.69) is 10.6 Å². The molecule has 0 radical (unpaired) electrons. The number of carbonyl (C=O) groups excluding carboxylic acids is 5. The molecule has 34 heavy (non-hydrogen) atoms. The van der Waals surface area contributed by atoms with E-state index < -0.39 is 53.2 Å². The molecule has 4 rings (SSSR count). The van der Waals surface area contributed by atoms with Gasteiger partial charge in [-0.05, 0) is 43.0 Å². The van der Waals surface area contributed by atoms with Crippen molar-refractivity contribution in [1.82, 2.24) is 15.5 Å². The van der Waals surface area contributed by atoms with Crippen molar-refractivity contribution in [3.05, 3.63) is 59.2 Å². The van der Waals surface area contributed by atoms with E-state index in [0.29, 0.717) is 0 Å². The summed E-state index contributed by atoms with van der Waals surface area (Å²) in [5.41, 5.74) is -0.567. The minimum Gasteiger partial charge on any atom is -0.351 e. The molecule has 3 aliphatic rings. The maximum atomic E-state index is 13.0. The molecular weight excluding hydrogens is 455 g/mol. The van der Waals surface area contributed by atoms with Crippen molar-refractivity contribution in [2.24, 2.45) is 11.8 Å². The van der Waals surface area contributed by atoms with Crippen molar-refractivity contribution in [2.75, 3.05) is 6.54 Å². The van der Waals surface area contributed by atoms with Gasteiger partial charge in [0.15, 0.2) is 0 Å². The van der Waals surface area contributed by atoms with E-state index in [9.17, 15) is 37.1 Å². The molecule has 8 nitrogen and oxygen atoms in total. The minimum absolute atomic E-state index is 0.0235. The van der Waals surface area contributed by atoms with Crippen molar-refractivity contribution in [3.8, 4) is 0 Å². The number of benzene rings is 1. The van der Waals surface area contributed by atoms with Gasteiger partial charge in [-0.25, -0.2) is 0 Å². The Labute approximate surface area is 191 Å². The van der Waals surface area contributed by atoms with Gasteiger partial charge in [0.2, 0.25) is 17.7 Å². The van der Waals surface area contributed by atoms with Gasteiger partial charge in [0.05, 0.1) is 11.5 Å². The normalized spacial score (nSPS) is 25.0. The van der Waals surface area contributed by atoms with Crippen LogP contribution in [0.2, 0.25) is 0 Å². The molecule has 2 saturated heterocycles. The molecule has 2 heterocycles. The first kappa shape index (κ1) is 23.4. The zero-order chi connectivity index (χ0) is 24.6. The van der Waals surface area contributed by atoms with Crippen molar-refractivity contribution < 1.29 is 37.1 Å². The lowest BCUT2D eigenvalue weighted by molar-refractivity contribution is -0.151. The van der Waals surface area contributed by atoms with E-state index in [1.165, 1.54) is 6.08 Å². The molecule has 2 fully saturated rings. The molecule has 5 amide bonds. The molecule has 3 atom stereocenters. The first-order valence-electron chi connectivity index (χ1n) is 10.6. The van der Waals surface area contributed by atoms with E-state index in [-0.39, 0.29) is 42.9 Å². The molecule has 0 spiro atoms. The van der Waals surface area contributed by atoms with Crippen LogP contribution in [0.25, 0.3) is 0 Å². The van der Waals surface area contributed by atoms with Crippen molar-refractivity contribution in [1.29, 1.82) is 0 Å². The zero-order valence-corrected chi connectivity index (χ0v) is 17.7. The average molecular weight is 475 g/mol. The number of rotatable bonds is 4. The highest BCUT2D eigenvalue weighted by atomic mass is 19.4. The van der Waals surface area contributed by atoms with Gasteiger partial charge in [-0.2, -0.15) is 13.2 Å². The minimum atomic E-state index is -4.50. The summed E-state index contributed by atoms with van der Waals surface area (Å²) in [6.07, 6.45) is 0.620. The molecule has 3 unspecified atom stereocenters. The van der Waals surface area contributed by atoms with Gasteiger partial charge in [0, 0.05) is 24.1 Å². The van der Waals surface area contributed by atoms with Crippen LogP contribution in [0.4, 0.5) is 13.2 Å². The van der Waals surface area contributed by atoms with Crippen LogP contribution in [0.1, 0.15) is 35.2 Å². The van der Waals surface area contributed by atoms with Gasteiger partial charge in [-0.1, -0.05) is 18.2 Å². The number of hydrogen-bond acceptors (Lipinski definition) is 5. The van der Waals surface area contributed by atoms with Crippen molar-refractivity contribution >= 4 is 29.5 Å². The monoisotopic (exact) mass is 475 g/mol. The number of nitrogens with zero attached hydrogens (tertiary/aromatic N) is 1. The fourth-order valence-electron chi connectivity index (χ4n) is 4.31. The number of halogens is 3. The van der Waals surface area contributed by atoms with Gasteiger partial charge >= 0.3 is 6.18 Å². The van der Waals surface area contributed by atoms with Crippen LogP contribution in [0.15, 0.2) is 48.1 Å². The van der Waals surface area contributed by atoms with Crippen LogP contribution in [-0.4, -0.2) is 47.0 Å². The van der Waals surface area contributed by atoms with E-state index >= 15 is 0 Å². The predicted octanol–water partition coefficient (Wildman–Crippen LogP) is 1.73. The first-order chi connectivity index (χ1) is 16.1. The van der Waals surface area contributed by atoms with Crippen LogP contribution in [0, 0.1) is 11.8 Å². The Morgan fingerprint density at radius 2 is 1.82 bits per heavy atom. The number of alkyl halides is 3. The summed E-state index contributed by atoms with van der Waals surface area (Å²) in [6.45, 7) is 0.0911. The van der Waals surface area contributed by atoms with Crippen LogP contribution >= 0.6 is 0 Å². The largest absolute Gasteiger partial charge is 0.416 e. The smallest absolute Gasteiger partial charge is 0.351 e. The third kappa shape index (κ3) is 4.50. The Morgan fingerprint density at radius 1 is 1.12 bits per heavy atom. The summed E-state index contributed by atoms with van der Waals surface area (Å²) in [7, 11) is 0. The number of hydrogen-bond donors (Lipinski definition) is 2. The number of imide groups is 2. The summed E-state index contributed by atoms with van der Waals surface area (Å²) in [4.78, 5) is 62.8. The molecule has 1 aliphatic carbocycles. The number of fused-ring (bicyclic) bond motifs is 1. The lowest BCUT2D eigenvalue weighted by Gasteiger charge is -2.28. The standard InChI is InChI=1S/C23H20F3N3O5/c24-23(25,26)14-6-4-13(5-7-14)19(31)27-11-12-2-1-3-15-16(10-12)22(34)29(21(15)33)17-8-9-18(30)28-20(17)32/h1-7,12,16-17H,8-11H2,(H,27,31)(H,28,30,32). The second-order valence-corrected chi connectivity index (χ2v) is 8.32. The van der Waals surface area contributed by atoms with Gasteiger partial charge in [-0.15, -0.1) is 0 Å². The molecule has 2 aliphatic heterocycles. The van der Waals surface area contributed by atoms with Gasteiger partial charge in [0.1, 0.15) is 6.04 Å². The first-order valence-corrected chi connectivity index (χ1v) is 10.6. The maximum Gasteiger partial charge on any atom is 0.416 e. The van der Waals surface area contributed by atoms with Crippen molar-refractivity contribution in [3.63, 3.8) is 0 Å². The summed E-state index contributed by atoms with van der Waals surface area (Å²) in [5.74, 6) is -3.97. The predicted molar refractivity (Wildman–Crippen MR) is 111 cm³/mol. The third-order valence-corrected chi connectivity index (χ3v) is 6.10. The highest BCUT2D eigenvalue weighted by Crippen LogP contribution is 2.35. The topological polar surface area (TPSA) is 113 Å². The fourth-order valence-corrected chi connectivity index (χ4v) is 4.31. The van der Waals surface area contributed by atoms with E-state index in [1.807, 2.05) is 0 Å². The molecular formula is C23H20F3N3O5. The molecule has 1 aromatic rings. The SMILES string of the molecule is O=C1CCC(N2C(=O)C3=CC=CC(CNC(=O)c4ccc(C(F)(F)F)cc4)CC3C2=O)C(=O)N1. The van der Waals surface area contributed by atoms with Gasteiger partial charge in [-0.3, -0.25) is 34.2 Å². The number of allylic oxidation sites excluding steroid dienone is 2. The number of amides is 5. The Balaban J connectivity index is 1.40. The van der Waals surface area contributed by atoms with Crippen molar-refractivity contribution in [2.45, 2.75) is 31.5 Å². The molecule has 1 aromatic carbocycles. The van der Waals surface area contributed by atoms with Gasteiger partial charge in [0.25, 0.3) is 11.8 Å². The van der Waals surface area contributed by atoms with E-state index in [1.54, 1.807) is 12.2 Å². The zero-order valence-electron chi connectivity index (χ0n) is 17.7. The van der Waals surface area contributed by atoms with Gasteiger partial charge < -0.3 is 5.32 Å². The quantitative estimate of drug-likeness (QED) is 0.645. The fraction of sp³-hybridized carbons (Fsp3) is 0.348. The van der Waals surface area contributed by atoms with Crippen LogP contribution in [-0.2, 0) is 25.4 Å². The van der Waals surface area contributed by atoms with Crippen LogP contribution in [0.3, 0.4) is 0 Å². The number of likely N-dealkylation sites (tertiary alicyclic amines) is 1. The molecule has 0 saturated carbocycles. The number of nitrogens with one attached hydrogen (secondary N) is 2. The summed E-state index contributed by atoms with van der Waals surface area (Å²) in [6, 6.07) is 2.76. The lowest BCUT2D eigenvalue weighted by Crippen LogP contribution is -2.54.